The molecule has 0 aliphatic rings. The molecule has 0 aliphatic heterocycles. The van der Waals surface area contributed by atoms with Crippen LogP contribution in [-0.4, -0.2) is 24.1 Å². The Bertz CT molecular complexity index is 363. The van der Waals surface area contributed by atoms with Crippen molar-refractivity contribution < 1.29 is 23.0 Å². The van der Waals surface area contributed by atoms with Crippen molar-refractivity contribution >= 4 is 0 Å². The van der Waals surface area contributed by atoms with E-state index in [1.807, 2.05) is 0 Å². The summed E-state index contributed by atoms with van der Waals surface area (Å²) in [5.74, 6) is -0.344. The molecular formula is C12H16F3NO2. The van der Waals surface area contributed by atoms with E-state index >= 15 is 0 Å². The van der Waals surface area contributed by atoms with Crippen molar-refractivity contribution in [3.8, 4) is 5.75 Å². The Morgan fingerprint density at radius 3 is 2.22 bits per heavy atom. The van der Waals surface area contributed by atoms with Crippen molar-refractivity contribution in [3.05, 3.63) is 29.8 Å². The number of aliphatic hydroxyl groups excluding tert-OH is 1. The van der Waals surface area contributed by atoms with E-state index in [9.17, 15) is 18.3 Å². The SMILES string of the molecule is CC(O)CC(CN)c1ccc(OC(F)(F)F)cc1. The normalized spacial score (nSPS) is 15.2. The highest BCUT2D eigenvalue weighted by molar-refractivity contribution is 5.29. The van der Waals surface area contributed by atoms with Crippen LogP contribution < -0.4 is 10.5 Å². The van der Waals surface area contributed by atoms with Gasteiger partial charge in [0.15, 0.2) is 0 Å². The standard InChI is InChI=1S/C12H16F3NO2/c1-8(17)6-10(7-16)9-2-4-11(5-3-9)18-12(13,14)15/h2-5,8,10,17H,6-7,16H2,1H3. The highest BCUT2D eigenvalue weighted by atomic mass is 19.4. The van der Waals surface area contributed by atoms with Crippen LogP contribution in [0.15, 0.2) is 24.3 Å². The Kier molecular flexibility index (Phi) is 4.98. The lowest BCUT2D eigenvalue weighted by atomic mass is 9.93. The van der Waals surface area contributed by atoms with Gasteiger partial charge in [0.25, 0.3) is 0 Å². The molecule has 0 saturated heterocycles. The van der Waals surface area contributed by atoms with Crippen LogP contribution in [0.5, 0.6) is 5.75 Å². The van der Waals surface area contributed by atoms with Crippen LogP contribution in [-0.2, 0) is 0 Å². The summed E-state index contributed by atoms with van der Waals surface area (Å²) in [7, 11) is 0. The van der Waals surface area contributed by atoms with Crippen molar-refractivity contribution in [3.63, 3.8) is 0 Å². The quantitative estimate of drug-likeness (QED) is 0.857. The zero-order valence-electron chi connectivity index (χ0n) is 9.95. The number of halogens is 3. The van der Waals surface area contributed by atoms with Crippen LogP contribution in [0, 0.1) is 0 Å². The van der Waals surface area contributed by atoms with Gasteiger partial charge in [-0.2, -0.15) is 0 Å². The molecule has 6 heteroatoms. The number of ether oxygens (including phenoxy) is 1. The topological polar surface area (TPSA) is 55.5 Å². The second kappa shape index (κ2) is 6.06. The first kappa shape index (κ1) is 14.8. The van der Waals surface area contributed by atoms with E-state index in [2.05, 4.69) is 4.74 Å². The first-order chi connectivity index (χ1) is 8.31. The lowest BCUT2D eigenvalue weighted by Gasteiger charge is -2.17. The minimum atomic E-state index is -4.69. The third-order valence-corrected chi connectivity index (χ3v) is 2.50. The van der Waals surface area contributed by atoms with Gasteiger partial charge in [-0.05, 0) is 43.5 Å². The van der Waals surface area contributed by atoms with Crippen LogP contribution in [0.4, 0.5) is 13.2 Å². The van der Waals surface area contributed by atoms with Gasteiger partial charge in [-0.1, -0.05) is 12.1 Å². The van der Waals surface area contributed by atoms with Gasteiger partial charge in [0.05, 0.1) is 6.10 Å². The third-order valence-electron chi connectivity index (χ3n) is 2.50. The van der Waals surface area contributed by atoms with E-state index < -0.39 is 12.5 Å². The molecule has 0 aromatic heterocycles. The number of rotatable bonds is 5. The average molecular weight is 263 g/mol. The van der Waals surface area contributed by atoms with Crippen molar-refractivity contribution in [1.82, 2.24) is 0 Å². The van der Waals surface area contributed by atoms with Gasteiger partial charge < -0.3 is 15.6 Å². The summed E-state index contributed by atoms with van der Waals surface area (Å²) in [5.41, 5.74) is 6.36. The van der Waals surface area contributed by atoms with Crippen molar-refractivity contribution in [2.75, 3.05) is 6.54 Å². The molecule has 3 nitrogen and oxygen atoms in total. The average Bonchev–Trinajstić information content (AvgIpc) is 2.24. The molecule has 0 saturated carbocycles. The van der Waals surface area contributed by atoms with Crippen LogP contribution in [0.1, 0.15) is 24.8 Å². The molecular weight excluding hydrogens is 247 g/mol. The third kappa shape index (κ3) is 4.93. The molecule has 0 fully saturated rings. The molecule has 0 heterocycles. The molecule has 1 aromatic rings. The van der Waals surface area contributed by atoms with E-state index in [0.29, 0.717) is 13.0 Å². The predicted octanol–water partition coefficient (Wildman–Crippen LogP) is 2.40. The molecule has 102 valence electrons. The summed E-state index contributed by atoms with van der Waals surface area (Å²) >= 11 is 0. The number of nitrogens with two attached hydrogens (primary N) is 1. The minimum Gasteiger partial charge on any atom is -0.406 e. The Labute approximate surface area is 103 Å². The second-order valence-electron chi connectivity index (χ2n) is 4.13. The van der Waals surface area contributed by atoms with E-state index in [-0.39, 0.29) is 11.7 Å². The smallest absolute Gasteiger partial charge is 0.406 e. The highest BCUT2D eigenvalue weighted by Gasteiger charge is 2.31. The number of alkyl halides is 3. The molecule has 18 heavy (non-hydrogen) atoms. The fraction of sp³-hybridized carbons (Fsp3) is 0.500. The van der Waals surface area contributed by atoms with Gasteiger partial charge in [-0.25, -0.2) is 0 Å². The van der Waals surface area contributed by atoms with Gasteiger partial charge in [-0.3, -0.25) is 0 Å². The summed E-state index contributed by atoms with van der Waals surface area (Å²) in [6.07, 6.45) is -4.73. The largest absolute Gasteiger partial charge is 0.573 e. The number of benzene rings is 1. The van der Waals surface area contributed by atoms with E-state index in [1.54, 1.807) is 6.92 Å². The van der Waals surface area contributed by atoms with E-state index in [0.717, 1.165) is 5.56 Å². The maximum absolute atomic E-state index is 12.0. The zero-order chi connectivity index (χ0) is 13.8. The van der Waals surface area contributed by atoms with E-state index in [4.69, 9.17) is 5.73 Å². The zero-order valence-corrected chi connectivity index (χ0v) is 9.95. The predicted molar refractivity (Wildman–Crippen MR) is 61.2 cm³/mol. The second-order valence-corrected chi connectivity index (χ2v) is 4.13. The maximum Gasteiger partial charge on any atom is 0.573 e. The number of aliphatic hydroxyl groups is 1. The summed E-state index contributed by atoms with van der Waals surface area (Å²) in [6, 6.07) is 5.54. The molecule has 1 aromatic carbocycles. The van der Waals surface area contributed by atoms with Gasteiger partial charge >= 0.3 is 6.36 Å². The Morgan fingerprint density at radius 1 is 1.28 bits per heavy atom. The highest BCUT2D eigenvalue weighted by Crippen LogP contribution is 2.26. The lowest BCUT2D eigenvalue weighted by molar-refractivity contribution is -0.274. The first-order valence-corrected chi connectivity index (χ1v) is 5.55. The van der Waals surface area contributed by atoms with Crippen LogP contribution >= 0.6 is 0 Å². The van der Waals surface area contributed by atoms with Gasteiger partial charge in [-0.15, -0.1) is 13.2 Å². The summed E-state index contributed by atoms with van der Waals surface area (Å²) < 4.78 is 39.7. The summed E-state index contributed by atoms with van der Waals surface area (Å²) in [6.45, 7) is 1.97. The van der Waals surface area contributed by atoms with Crippen molar-refractivity contribution in [2.45, 2.75) is 31.7 Å². The monoisotopic (exact) mass is 263 g/mol. The Hall–Kier alpha value is -1.27. The Balaban J connectivity index is 2.74. The molecule has 0 radical (unpaired) electrons. The fourth-order valence-corrected chi connectivity index (χ4v) is 1.72. The fourth-order valence-electron chi connectivity index (χ4n) is 1.72. The van der Waals surface area contributed by atoms with Crippen molar-refractivity contribution in [2.24, 2.45) is 5.73 Å². The maximum atomic E-state index is 12.0. The molecule has 3 N–H and O–H groups in total. The van der Waals surface area contributed by atoms with Crippen LogP contribution in [0.2, 0.25) is 0 Å². The number of hydrogen-bond donors (Lipinski definition) is 2. The molecule has 1 rings (SSSR count). The molecule has 0 spiro atoms. The van der Waals surface area contributed by atoms with Crippen LogP contribution in [0.25, 0.3) is 0 Å². The molecule has 0 aliphatic carbocycles. The first-order valence-electron chi connectivity index (χ1n) is 5.55. The van der Waals surface area contributed by atoms with Gasteiger partial charge in [0.2, 0.25) is 0 Å². The van der Waals surface area contributed by atoms with Crippen molar-refractivity contribution in [1.29, 1.82) is 0 Å². The van der Waals surface area contributed by atoms with Gasteiger partial charge in [0, 0.05) is 0 Å². The summed E-state index contributed by atoms with van der Waals surface area (Å²) in [4.78, 5) is 0. The number of hydrogen-bond acceptors (Lipinski definition) is 3. The summed E-state index contributed by atoms with van der Waals surface area (Å²) in [5, 5.41) is 9.29. The molecule has 0 bridgehead atoms. The molecule has 2 atom stereocenters. The van der Waals surface area contributed by atoms with E-state index in [1.165, 1.54) is 24.3 Å². The minimum absolute atomic E-state index is 0.0788. The van der Waals surface area contributed by atoms with Crippen LogP contribution in [0.3, 0.4) is 0 Å². The Morgan fingerprint density at radius 2 is 1.83 bits per heavy atom. The van der Waals surface area contributed by atoms with Gasteiger partial charge in [0.1, 0.15) is 5.75 Å². The lowest BCUT2D eigenvalue weighted by Crippen LogP contribution is -2.18. The molecule has 2 unspecified atom stereocenters. The molecule has 0 amide bonds.